The second-order valence-electron chi connectivity index (χ2n) is 24.2. The Hall–Kier alpha value is -1.80. The average molecular weight is 1120 g/mol. The molecule has 0 bridgehead atoms. The summed E-state index contributed by atoms with van der Waals surface area (Å²) in [6, 6.07) is -0.908. The van der Waals surface area contributed by atoms with Crippen molar-refractivity contribution in [1.82, 2.24) is 5.32 Å². The highest BCUT2D eigenvalue weighted by Gasteiger charge is 2.23. The van der Waals surface area contributed by atoms with E-state index >= 15 is 0 Å². The maximum absolute atomic E-state index is 13.0. The highest BCUT2D eigenvalue weighted by atomic mass is 31.2. The van der Waals surface area contributed by atoms with Crippen LogP contribution in [0.25, 0.3) is 0 Å². The van der Waals surface area contributed by atoms with Gasteiger partial charge in [-0.25, -0.2) is 0 Å². The van der Waals surface area contributed by atoms with E-state index in [1.165, 1.54) is 250 Å². The van der Waals surface area contributed by atoms with Crippen LogP contribution in [0.2, 0.25) is 0 Å². The van der Waals surface area contributed by atoms with E-state index in [0.29, 0.717) is 17.4 Å². The number of nitrogens with zero attached hydrogens (tertiary/aromatic N) is 1. The van der Waals surface area contributed by atoms with Gasteiger partial charge in [0.2, 0.25) is 5.91 Å². The average Bonchev–Trinajstić information content (AvgIpc) is 3.41. The van der Waals surface area contributed by atoms with Crippen LogP contribution < -0.4 is 10.2 Å². The molecule has 0 fully saturated rings. The molecule has 0 heterocycles. The van der Waals surface area contributed by atoms with Crippen LogP contribution in [0.3, 0.4) is 0 Å². The van der Waals surface area contributed by atoms with Gasteiger partial charge in [-0.3, -0.25) is 9.36 Å². The number of amides is 1. The van der Waals surface area contributed by atoms with Crippen LogP contribution in [-0.4, -0.2) is 68.5 Å². The first-order valence-corrected chi connectivity index (χ1v) is 35.1. The van der Waals surface area contributed by atoms with E-state index in [9.17, 15) is 19.4 Å². The summed E-state index contributed by atoms with van der Waals surface area (Å²) < 4.78 is 23.4. The number of likely N-dealkylation sites (N-methyl/N-ethyl adjacent to an activating group) is 1. The fourth-order valence-corrected chi connectivity index (χ4v) is 10.7. The fourth-order valence-electron chi connectivity index (χ4n) is 9.94. The summed E-state index contributed by atoms with van der Waals surface area (Å²) in [6.07, 6.45) is 81.9. The monoisotopic (exact) mass is 1110 g/mol. The number of phosphoric acid groups is 1. The molecule has 0 aromatic carbocycles. The maximum atomic E-state index is 13.0. The number of aliphatic hydroxyl groups excluding tert-OH is 1. The topological polar surface area (TPSA) is 108 Å². The number of hydrogen-bond acceptors (Lipinski definition) is 6. The number of quaternary nitrogens is 1. The largest absolute Gasteiger partial charge is 0.756 e. The third-order valence-electron chi connectivity index (χ3n) is 15.2. The van der Waals surface area contributed by atoms with Crippen LogP contribution in [0.5, 0.6) is 0 Å². The molecule has 78 heavy (non-hydrogen) atoms. The molecule has 0 spiro atoms. The molecule has 0 saturated carbocycles. The first-order chi connectivity index (χ1) is 38.0. The van der Waals surface area contributed by atoms with Gasteiger partial charge >= 0.3 is 0 Å². The maximum Gasteiger partial charge on any atom is 0.268 e. The Morgan fingerprint density at radius 3 is 1.13 bits per heavy atom. The number of carbonyl (C=O) groups excluding carboxylic acids is 1. The Balaban J connectivity index is 4.15. The lowest BCUT2D eigenvalue weighted by atomic mass is 10.0. The summed E-state index contributed by atoms with van der Waals surface area (Å²) >= 11 is 0. The van der Waals surface area contributed by atoms with Crippen molar-refractivity contribution in [2.45, 2.75) is 334 Å². The summed E-state index contributed by atoms with van der Waals surface area (Å²) in [5, 5.41) is 13.9. The van der Waals surface area contributed by atoms with Crippen molar-refractivity contribution in [2.24, 2.45) is 0 Å². The zero-order chi connectivity index (χ0) is 57.0. The highest BCUT2D eigenvalue weighted by molar-refractivity contribution is 7.45. The summed E-state index contributed by atoms with van der Waals surface area (Å²) in [5.74, 6) is -0.207. The molecule has 0 saturated heterocycles. The molecule has 3 atom stereocenters. The van der Waals surface area contributed by atoms with Crippen molar-refractivity contribution in [1.29, 1.82) is 0 Å². The number of nitrogens with one attached hydrogen (secondary N) is 1. The van der Waals surface area contributed by atoms with Crippen LogP contribution in [0, 0.1) is 0 Å². The lowest BCUT2D eigenvalue weighted by Gasteiger charge is -2.29. The van der Waals surface area contributed by atoms with E-state index < -0.39 is 26.6 Å². The molecule has 2 N–H and O–H groups in total. The Bertz CT molecular complexity index is 1450. The van der Waals surface area contributed by atoms with Crippen molar-refractivity contribution >= 4 is 13.7 Å². The third-order valence-corrected chi connectivity index (χ3v) is 16.2. The summed E-state index contributed by atoms with van der Waals surface area (Å²) in [5.41, 5.74) is 0. The zero-order valence-electron chi connectivity index (χ0n) is 52.4. The van der Waals surface area contributed by atoms with E-state index in [4.69, 9.17) is 9.05 Å². The minimum Gasteiger partial charge on any atom is -0.756 e. The van der Waals surface area contributed by atoms with Gasteiger partial charge in [0, 0.05) is 6.42 Å². The zero-order valence-corrected chi connectivity index (χ0v) is 53.3. The number of phosphoric ester groups is 1. The van der Waals surface area contributed by atoms with Gasteiger partial charge in [-0.15, -0.1) is 0 Å². The minimum atomic E-state index is -4.61. The van der Waals surface area contributed by atoms with Gasteiger partial charge in [0.25, 0.3) is 7.82 Å². The molecule has 0 aliphatic heterocycles. The molecule has 1 amide bonds. The van der Waals surface area contributed by atoms with Crippen molar-refractivity contribution in [3.63, 3.8) is 0 Å². The summed E-state index contributed by atoms with van der Waals surface area (Å²) in [4.78, 5) is 25.6. The molecule has 0 rings (SSSR count). The number of rotatable bonds is 62. The predicted octanol–water partition coefficient (Wildman–Crippen LogP) is 20.6. The molecular weight excluding hydrogens is 984 g/mol. The second-order valence-corrected chi connectivity index (χ2v) is 25.6. The summed E-state index contributed by atoms with van der Waals surface area (Å²) in [7, 11) is 1.25. The highest BCUT2D eigenvalue weighted by Crippen LogP contribution is 2.38. The van der Waals surface area contributed by atoms with Crippen molar-refractivity contribution < 1.29 is 32.9 Å². The van der Waals surface area contributed by atoms with E-state index in [0.717, 1.165) is 51.4 Å². The smallest absolute Gasteiger partial charge is 0.268 e. The molecule has 0 aromatic heterocycles. The Kier molecular flexibility index (Phi) is 58.4. The molecule has 8 nitrogen and oxygen atoms in total. The van der Waals surface area contributed by atoms with Gasteiger partial charge in [-0.05, 0) is 70.6 Å². The number of aliphatic hydroxyl groups is 1. The quantitative estimate of drug-likeness (QED) is 0.0272. The van der Waals surface area contributed by atoms with Crippen molar-refractivity contribution in [3.05, 3.63) is 60.8 Å². The normalized spacial score (nSPS) is 14.1. The molecule has 458 valence electrons. The van der Waals surface area contributed by atoms with Crippen LogP contribution in [0.15, 0.2) is 60.8 Å². The minimum absolute atomic E-state index is 0.00780. The Morgan fingerprint density at radius 1 is 0.449 bits per heavy atom. The standard InChI is InChI=1S/C69H131N2O6P/c1-6-8-10-12-14-16-18-20-22-24-26-28-30-32-34-35-37-38-40-42-44-46-48-50-52-54-56-58-60-62-68(72)67(66-77-78(74,75)76-65-64-71(3,4)5)70-69(73)63-61-59-57-55-53-51-49-47-45-43-41-39-36-33-31-29-27-25-23-21-19-17-15-13-11-9-7-2/h19,21,25,27,31,33,52,54,60,62,67-68,72H,6-18,20,22-24,26,28-30,32,34-51,53,55-59,61,63-66H2,1-5H3,(H-,70,73,74,75)/b21-19-,27-25-,33-31-,54-52+,62-60+. The van der Waals surface area contributed by atoms with Crippen LogP contribution >= 0.6 is 7.82 Å². The van der Waals surface area contributed by atoms with Gasteiger partial charge in [0.1, 0.15) is 13.2 Å². The van der Waals surface area contributed by atoms with Gasteiger partial charge in [-0.2, -0.15) is 0 Å². The van der Waals surface area contributed by atoms with Crippen LogP contribution in [0.4, 0.5) is 0 Å². The predicted molar refractivity (Wildman–Crippen MR) is 339 cm³/mol. The third kappa shape index (κ3) is 61.8. The van der Waals surface area contributed by atoms with E-state index in [-0.39, 0.29) is 12.5 Å². The van der Waals surface area contributed by atoms with Crippen molar-refractivity contribution in [2.75, 3.05) is 40.9 Å². The molecular formula is C69H131N2O6P. The van der Waals surface area contributed by atoms with Gasteiger partial charge in [0.05, 0.1) is 39.9 Å². The van der Waals surface area contributed by atoms with Gasteiger partial charge in [-0.1, -0.05) is 306 Å². The second kappa shape index (κ2) is 59.8. The van der Waals surface area contributed by atoms with E-state index in [1.54, 1.807) is 6.08 Å². The Morgan fingerprint density at radius 2 is 0.756 bits per heavy atom. The van der Waals surface area contributed by atoms with Gasteiger partial charge in [0.15, 0.2) is 0 Å². The van der Waals surface area contributed by atoms with Crippen LogP contribution in [-0.2, 0) is 18.4 Å². The molecule has 0 radical (unpaired) electrons. The van der Waals surface area contributed by atoms with E-state index in [2.05, 4.69) is 67.8 Å². The number of unbranched alkanes of at least 4 members (excludes halogenated alkanes) is 41. The molecule has 0 aliphatic carbocycles. The molecule has 0 aromatic rings. The SMILES string of the molecule is CCCCCCC/C=C\C/C=C\C/C=C\CCCCCCCCCCCCCCC(=O)NC(COP(=O)([O-])OCC[N+](C)(C)C)C(O)/C=C/CC/C=C/CCCCCCCCCCCCCCCCCCCCCCCCC. The number of allylic oxidation sites excluding steroid dienone is 9. The lowest BCUT2D eigenvalue weighted by molar-refractivity contribution is -0.870. The number of carbonyl (C=O) groups is 1. The van der Waals surface area contributed by atoms with Crippen LogP contribution in [0.1, 0.15) is 322 Å². The molecule has 9 heteroatoms. The van der Waals surface area contributed by atoms with Gasteiger partial charge < -0.3 is 28.8 Å². The first kappa shape index (κ1) is 76.2. The fraction of sp³-hybridized carbons (Fsp3) is 0.841. The Labute approximate surface area is 485 Å². The van der Waals surface area contributed by atoms with E-state index in [1.807, 2.05) is 27.2 Å². The van der Waals surface area contributed by atoms with Crippen molar-refractivity contribution in [3.8, 4) is 0 Å². The number of hydrogen-bond donors (Lipinski definition) is 2. The lowest BCUT2D eigenvalue weighted by Crippen LogP contribution is -2.45. The summed E-state index contributed by atoms with van der Waals surface area (Å²) in [6.45, 7) is 4.65. The first-order valence-electron chi connectivity index (χ1n) is 33.7. The molecule has 0 aliphatic rings. The molecule has 3 unspecified atom stereocenters.